The van der Waals surface area contributed by atoms with Crippen molar-refractivity contribution in [2.24, 2.45) is 16.8 Å². The predicted octanol–water partition coefficient (Wildman–Crippen LogP) is 2.23. The van der Waals surface area contributed by atoms with Crippen molar-refractivity contribution in [3.8, 4) is 0 Å². The molecule has 0 aliphatic heterocycles. The number of amidine groups is 1. The number of halogens is 2. The molecular formula is C13H15BrFN3O2. The van der Waals surface area contributed by atoms with E-state index in [9.17, 15) is 9.18 Å². The third kappa shape index (κ3) is 3.09. The molecule has 1 aliphatic carbocycles. The Kier molecular flexibility index (Phi) is 4.59. The van der Waals surface area contributed by atoms with Gasteiger partial charge in [-0.25, -0.2) is 4.39 Å². The Morgan fingerprint density at radius 2 is 2.25 bits per heavy atom. The van der Waals surface area contributed by atoms with Gasteiger partial charge in [-0.05, 0) is 47.0 Å². The second-order valence-corrected chi connectivity index (χ2v) is 5.63. The number of carbonyl (C=O) groups is 1. The Morgan fingerprint density at radius 3 is 2.90 bits per heavy atom. The Labute approximate surface area is 124 Å². The summed E-state index contributed by atoms with van der Waals surface area (Å²) in [6, 6.07) is 4.01. The van der Waals surface area contributed by atoms with Crippen LogP contribution in [-0.4, -0.2) is 23.0 Å². The maximum Gasteiger partial charge on any atom is 0.251 e. The average Bonchev–Trinajstić information content (AvgIpc) is 2.89. The SMILES string of the molecule is NC(=NO)C1CCCC1NC(=O)c1ccc(Br)c(F)c1. The number of rotatable bonds is 3. The predicted molar refractivity (Wildman–Crippen MR) is 76.1 cm³/mol. The first-order valence-electron chi connectivity index (χ1n) is 6.26. The smallest absolute Gasteiger partial charge is 0.251 e. The fraction of sp³-hybridized carbons (Fsp3) is 0.385. The molecule has 0 aromatic heterocycles. The zero-order valence-corrected chi connectivity index (χ0v) is 12.2. The molecule has 1 fully saturated rings. The number of benzene rings is 1. The number of nitrogens with two attached hydrogens (primary N) is 1. The molecule has 1 aliphatic rings. The minimum atomic E-state index is -0.489. The first-order chi connectivity index (χ1) is 9.52. The summed E-state index contributed by atoms with van der Waals surface area (Å²) in [6.45, 7) is 0. The molecule has 5 nitrogen and oxygen atoms in total. The van der Waals surface area contributed by atoms with Gasteiger partial charge in [0.15, 0.2) is 0 Å². The minimum Gasteiger partial charge on any atom is -0.409 e. The van der Waals surface area contributed by atoms with Crippen molar-refractivity contribution in [1.29, 1.82) is 0 Å². The third-order valence-electron chi connectivity index (χ3n) is 3.51. The Bertz CT molecular complexity index is 550. The van der Waals surface area contributed by atoms with Gasteiger partial charge in [0.1, 0.15) is 11.7 Å². The summed E-state index contributed by atoms with van der Waals surface area (Å²) in [7, 11) is 0. The highest BCUT2D eigenvalue weighted by molar-refractivity contribution is 9.10. The van der Waals surface area contributed by atoms with Crippen LogP contribution in [0.4, 0.5) is 4.39 Å². The Hall–Kier alpha value is -1.63. The topological polar surface area (TPSA) is 87.7 Å². The molecule has 20 heavy (non-hydrogen) atoms. The molecule has 108 valence electrons. The van der Waals surface area contributed by atoms with E-state index in [0.717, 1.165) is 19.3 Å². The van der Waals surface area contributed by atoms with Crippen molar-refractivity contribution in [3.63, 3.8) is 0 Å². The third-order valence-corrected chi connectivity index (χ3v) is 4.15. The highest BCUT2D eigenvalue weighted by Gasteiger charge is 2.32. The van der Waals surface area contributed by atoms with Gasteiger partial charge < -0.3 is 16.3 Å². The molecular weight excluding hydrogens is 329 g/mol. The number of carbonyl (C=O) groups excluding carboxylic acids is 1. The van der Waals surface area contributed by atoms with Crippen LogP contribution in [0.1, 0.15) is 29.6 Å². The van der Waals surface area contributed by atoms with Gasteiger partial charge in [0.25, 0.3) is 5.91 Å². The van der Waals surface area contributed by atoms with E-state index in [1.54, 1.807) is 0 Å². The summed E-state index contributed by atoms with van der Waals surface area (Å²) in [5, 5.41) is 14.5. The van der Waals surface area contributed by atoms with Crippen LogP contribution in [0.15, 0.2) is 27.8 Å². The van der Waals surface area contributed by atoms with Crippen LogP contribution in [0, 0.1) is 11.7 Å². The van der Waals surface area contributed by atoms with Crippen molar-refractivity contribution >= 4 is 27.7 Å². The van der Waals surface area contributed by atoms with Crippen LogP contribution in [0.5, 0.6) is 0 Å². The molecule has 1 amide bonds. The van der Waals surface area contributed by atoms with E-state index >= 15 is 0 Å². The zero-order valence-electron chi connectivity index (χ0n) is 10.6. The number of nitrogens with one attached hydrogen (secondary N) is 1. The van der Waals surface area contributed by atoms with E-state index in [0.29, 0.717) is 4.47 Å². The van der Waals surface area contributed by atoms with E-state index < -0.39 is 5.82 Å². The molecule has 0 spiro atoms. The van der Waals surface area contributed by atoms with Crippen molar-refractivity contribution < 1.29 is 14.4 Å². The van der Waals surface area contributed by atoms with Crippen molar-refractivity contribution in [1.82, 2.24) is 5.32 Å². The number of hydrogen-bond acceptors (Lipinski definition) is 3. The van der Waals surface area contributed by atoms with Crippen LogP contribution in [0.3, 0.4) is 0 Å². The molecule has 2 atom stereocenters. The lowest BCUT2D eigenvalue weighted by molar-refractivity contribution is 0.0933. The van der Waals surface area contributed by atoms with Gasteiger partial charge in [0.05, 0.1) is 4.47 Å². The van der Waals surface area contributed by atoms with Crippen molar-refractivity contribution in [3.05, 3.63) is 34.1 Å². The number of hydrogen-bond donors (Lipinski definition) is 3. The molecule has 1 saturated carbocycles. The Morgan fingerprint density at radius 1 is 1.50 bits per heavy atom. The highest BCUT2D eigenvalue weighted by Crippen LogP contribution is 2.26. The summed E-state index contributed by atoms with van der Waals surface area (Å²) in [6.07, 6.45) is 2.40. The second kappa shape index (κ2) is 6.21. The standard InChI is InChI=1S/C13H15BrFN3O2/c14-9-5-4-7(6-10(9)15)13(19)17-11-3-1-2-8(11)12(16)18-20/h4-6,8,11,20H,1-3H2,(H2,16,18)(H,17,19). The van der Waals surface area contributed by atoms with Crippen molar-refractivity contribution in [2.75, 3.05) is 0 Å². The fourth-order valence-corrected chi connectivity index (χ4v) is 2.70. The van der Waals surface area contributed by atoms with E-state index in [1.807, 2.05) is 0 Å². The second-order valence-electron chi connectivity index (χ2n) is 4.77. The number of oxime groups is 1. The van der Waals surface area contributed by atoms with Gasteiger partial charge in [0, 0.05) is 17.5 Å². The van der Waals surface area contributed by atoms with Crippen LogP contribution in [0.25, 0.3) is 0 Å². The average molecular weight is 344 g/mol. The lowest BCUT2D eigenvalue weighted by atomic mass is 10.0. The zero-order chi connectivity index (χ0) is 14.7. The summed E-state index contributed by atoms with van der Waals surface area (Å²) < 4.78 is 13.7. The molecule has 2 rings (SSSR count). The Balaban J connectivity index is 2.09. The molecule has 4 N–H and O–H groups in total. The summed E-state index contributed by atoms with van der Waals surface area (Å²) in [5.41, 5.74) is 5.86. The first-order valence-corrected chi connectivity index (χ1v) is 7.05. The summed E-state index contributed by atoms with van der Waals surface area (Å²) in [4.78, 5) is 12.1. The molecule has 7 heteroatoms. The maximum absolute atomic E-state index is 13.4. The molecule has 0 saturated heterocycles. The number of amides is 1. The highest BCUT2D eigenvalue weighted by atomic mass is 79.9. The lowest BCUT2D eigenvalue weighted by Crippen LogP contribution is -2.42. The molecule has 1 aromatic carbocycles. The quantitative estimate of drug-likeness (QED) is 0.340. The van der Waals surface area contributed by atoms with Gasteiger partial charge >= 0.3 is 0 Å². The van der Waals surface area contributed by atoms with E-state index in [1.165, 1.54) is 18.2 Å². The lowest BCUT2D eigenvalue weighted by Gasteiger charge is -2.19. The minimum absolute atomic E-state index is 0.120. The fourth-order valence-electron chi connectivity index (χ4n) is 2.45. The van der Waals surface area contributed by atoms with Gasteiger partial charge in [0.2, 0.25) is 0 Å². The van der Waals surface area contributed by atoms with Gasteiger partial charge in [-0.2, -0.15) is 0 Å². The van der Waals surface area contributed by atoms with Crippen LogP contribution in [-0.2, 0) is 0 Å². The molecule has 0 bridgehead atoms. The van der Waals surface area contributed by atoms with E-state index in [4.69, 9.17) is 10.9 Å². The van der Waals surface area contributed by atoms with Crippen LogP contribution in [0.2, 0.25) is 0 Å². The van der Waals surface area contributed by atoms with Crippen LogP contribution >= 0.6 is 15.9 Å². The molecule has 0 heterocycles. The maximum atomic E-state index is 13.4. The van der Waals surface area contributed by atoms with Crippen molar-refractivity contribution in [2.45, 2.75) is 25.3 Å². The molecule has 1 aromatic rings. The first kappa shape index (κ1) is 14.8. The number of nitrogens with zero attached hydrogens (tertiary/aromatic N) is 1. The molecule has 2 unspecified atom stereocenters. The monoisotopic (exact) mass is 343 g/mol. The van der Waals surface area contributed by atoms with E-state index in [-0.39, 0.29) is 29.3 Å². The van der Waals surface area contributed by atoms with Gasteiger partial charge in [-0.1, -0.05) is 11.6 Å². The van der Waals surface area contributed by atoms with E-state index in [2.05, 4.69) is 26.4 Å². The van der Waals surface area contributed by atoms with Crippen LogP contribution < -0.4 is 11.1 Å². The van der Waals surface area contributed by atoms with Gasteiger partial charge in [-0.15, -0.1) is 0 Å². The van der Waals surface area contributed by atoms with Gasteiger partial charge in [-0.3, -0.25) is 4.79 Å². The molecule has 0 radical (unpaired) electrons. The normalized spacial score (nSPS) is 22.8. The summed E-state index contributed by atoms with van der Waals surface area (Å²) >= 11 is 3.04. The largest absolute Gasteiger partial charge is 0.409 e. The summed E-state index contributed by atoms with van der Waals surface area (Å²) in [5.74, 6) is -0.907.